The summed E-state index contributed by atoms with van der Waals surface area (Å²) in [7, 11) is 0. The van der Waals surface area contributed by atoms with E-state index >= 15 is 0 Å². The number of benzene rings is 2. The van der Waals surface area contributed by atoms with Crippen molar-refractivity contribution in [1.29, 1.82) is 0 Å². The number of aromatic nitrogens is 4. The van der Waals surface area contributed by atoms with E-state index in [0.717, 1.165) is 22.6 Å². The molecule has 0 saturated carbocycles. The van der Waals surface area contributed by atoms with Gasteiger partial charge < -0.3 is 0 Å². The van der Waals surface area contributed by atoms with Crippen LogP contribution in [0.2, 0.25) is 5.02 Å². The second-order valence-corrected chi connectivity index (χ2v) is 6.39. The molecule has 0 saturated heterocycles. The van der Waals surface area contributed by atoms with Gasteiger partial charge in [0, 0.05) is 22.3 Å². The Labute approximate surface area is 155 Å². The SMILES string of the molecule is Cc1[c]c(-c2cnn(-c3ccccc3F)c2C)nn1-c1ccc(Cl)cc1. The van der Waals surface area contributed by atoms with Crippen molar-refractivity contribution in [3.8, 4) is 22.6 Å². The lowest BCUT2D eigenvalue weighted by Gasteiger charge is -2.06. The quantitative estimate of drug-likeness (QED) is 0.515. The second-order valence-electron chi connectivity index (χ2n) is 5.95. The van der Waals surface area contributed by atoms with Gasteiger partial charge in [0.2, 0.25) is 0 Å². The molecule has 0 fully saturated rings. The van der Waals surface area contributed by atoms with Crippen LogP contribution in [-0.4, -0.2) is 19.6 Å². The molecule has 0 bridgehead atoms. The highest BCUT2D eigenvalue weighted by molar-refractivity contribution is 6.30. The molecule has 0 aliphatic heterocycles. The van der Waals surface area contributed by atoms with Gasteiger partial charge in [-0.05, 0) is 50.2 Å². The summed E-state index contributed by atoms with van der Waals surface area (Å²) in [5.41, 5.74) is 4.44. The van der Waals surface area contributed by atoms with Crippen LogP contribution in [0.4, 0.5) is 4.39 Å². The highest BCUT2D eigenvalue weighted by Crippen LogP contribution is 2.26. The maximum Gasteiger partial charge on any atom is 0.148 e. The van der Waals surface area contributed by atoms with Crippen LogP contribution in [-0.2, 0) is 0 Å². The zero-order valence-electron chi connectivity index (χ0n) is 14.2. The van der Waals surface area contributed by atoms with Gasteiger partial charge in [0.25, 0.3) is 0 Å². The number of hydrogen-bond acceptors (Lipinski definition) is 2. The average Bonchev–Trinajstić information content (AvgIpc) is 3.19. The van der Waals surface area contributed by atoms with Crippen molar-refractivity contribution in [2.45, 2.75) is 13.8 Å². The number of rotatable bonds is 3. The molecule has 2 aromatic carbocycles. The van der Waals surface area contributed by atoms with Crippen molar-refractivity contribution < 1.29 is 4.39 Å². The normalized spacial score (nSPS) is 11.1. The van der Waals surface area contributed by atoms with Gasteiger partial charge in [-0.1, -0.05) is 23.7 Å². The minimum atomic E-state index is -0.322. The lowest BCUT2D eigenvalue weighted by Crippen LogP contribution is -2.01. The first-order valence-electron chi connectivity index (χ1n) is 8.09. The van der Waals surface area contributed by atoms with Crippen LogP contribution in [0.5, 0.6) is 0 Å². The first kappa shape index (κ1) is 16.5. The van der Waals surface area contributed by atoms with Crippen LogP contribution >= 0.6 is 11.6 Å². The molecule has 129 valence electrons. The molecule has 0 atom stereocenters. The average molecular weight is 366 g/mol. The van der Waals surface area contributed by atoms with E-state index in [1.54, 1.807) is 33.8 Å². The van der Waals surface area contributed by atoms with Gasteiger partial charge in [0.1, 0.15) is 17.2 Å². The molecule has 0 spiro atoms. The third kappa shape index (κ3) is 2.80. The molecule has 4 rings (SSSR count). The monoisotopic (exact) mass is 365 g/mol. The lowest BCUT2D eigenvalue weighted by atomic mass is 10.2. The molecule has 6 heteroatoms. The van der Waals surface area contributed by atoms with E-state index in [2.05, 4.69) is 16.3 Å². The van der Waals surface area contributed by atoms with E-state index in [0.29, 0.717) is 16.4 Å². The van der Waals surface area contributed by atoms with Crippen molar-refractivity contribution in [1.82, 2.24) is 19.6 Å². The number of nitrogens with zero attached hydrogens (tertiary/aromatic N) is 4. The summed E-state index contributed by atoms with van der Waals surface area (Å²) >= 11 is 5.96. The molecule has 0 amide bonds. The van der Waals surface area contributed by atoms with E-state index in [9.17, 15) is 4.39 Å². The van der Waals surface area contributed by atoms with Crippen LogP contribution in [0.15, 0.2) is 54.7 Å². The molecule has 2 aromatic heterocycles. The predicted octanol–water partition coefficient (Wildman–Crippen LogP) is 4.93. The molecule has 2 heterocycles. The Kier molecular flexibility index (Phi) is 4.09. The van der Waals surface area contributed by atoms with E-state index in [1.807, 2.05) is 38.1 Å². The largest absolute Gasteiger partial charge is 0.237 e. The topological polar surface area (TPSA) is 35.6 Å². The summed E-state index contributed by atoms with van der Waals surface area (Å²) < 4.78 is 17.5. The summed E-state index contributed by atoms with van der Waals surface area (Å²) in [6, 6.07) is 17.3. The molecule has 4 aromatic rings. The maximum absolute atomic E-state index is 14.1. The Hall–Kier alpha value is -2.92. The Morgan fingerprint density at radius 3 is 2.46 bits per heavy atom. The van der Waals surface area contributed by atoms with Gasteiger partial charge in [-0.2, -0.15) is 10.2 Å². The Bertz CT molecular complexity index is 1080. The number of para-hydroxylation sites is 1. The second kappa shape index (κ2) is 6.42. The summed E-state index contributed by atoms with van der Waals surface area (Å²) in [5, 5.41) is 9.65. The fourth-order valence-corrected chi connectivity index (χ4v) is 3.01. The summed E-state index contributed by atoms with van der Waals surface area (Å²) in [5.74, 6) is -0.322. The Balaban J connectivity index is 1.77. The highest BCUT2D eigenvalue weighted by atomic mass is 35.5. The minimum Gasteiger partial charge on any atom is -0.237 e. The molecular formula is C20H15ClFN4. The fraction of sp³-hybridized carbons (Fsp3) is 0.100. The molecule has 0 unspecified atom stereocenters. The zero-order chi connectivity index (χ0) is 18.3. The smallest absolute Gasteiger partial charge is 0.148 e. The minimum absolute atomic E-state index is 0.322. The zero-order valence-corrected chi connectivity index (χ0v) is 15.0. The first-order chi connectivity index (χ1) is 12.5. The Morgan fingerprint density at radius 2 is 1.73 bits per heavy atom. The molecule has 4 nitrogen and oxygen atoms in total. The fourth-order valence-electron chi connectivity index (χ4n) is 2.89. The van der Waals surface area contributed by atoms with E-state index in [-0.39, 0.29) is 5.82 Å². The molecular weight excluding hydrogens is 351 g/mol. The van der Waals surface area contributed by atoms with E-state index < -0.39 is 0 Å². The lowest BCUT2D eigenvalue weighted by molar-refractivity contribution is 0.608. The maximum atomic E-state index is 14.1. The van der Waals surface area contributed by atoms with Gasteiger partial charge in [-0.15, -0.1) is 0 Å². The highest BCUT2D eigenvalue weighted by Gasteiger charge is 2.16. The van der Waals surface area contributed by atoms with Crippen LogP contribution in [0.1, 0.15) is 11.4 Å². The predicted molar refractivity (Wildman–Crippen MR) is 99.4 cm³/mol. The first-order valence-corrected chi connectivity index (χ1v) is 8.47. The van der Waals surface area contributed by atoms with Gasteiger partial charge in [0.15, 0.2) is 0 Å². The molecule has 0 aliphatic carbocycles. The third-order valence-electron chi connectivity index (χ3n) is 4.23. The van der Waals surface area contributed by atoms with Crippen molar-refractivity contribution in [2.75, 3.05) is 0 Å². The van der Waals surface area contributed by atoms with Crippen LogP contribution < -0.4 is 0 Å². The van der Waals surface area contributed by atoms with Gasteiger partial charge in [0.05, 0.1) is 17.6 Å². The van der Waals surface area contributed by atoms with Crippen molar-refractivity contribution in [3.05, 3.63) is 83.0 Å². The van der Waals surface area contributed by atoms with Crippen molar-refractivity contribution in [2.24, 2.45) is 0 Å². The molecule has 0 aliphatic rings. The molecule has 1 radical (unpaired) electrons. The van der Waals surface area contributed by atoms with Crippen LogP contribution in [0.25, 0.3) is 22.6 Å². The number of halogens is 2. The van der Waals surface area contributed by atoms with Gasteiger partial charge in [-0.25, -0.2) is 13.8 Å². The number of hydrogen-bond donors (Lipinski definition) is 0. The Morgan fingerprint density at radius 1 is 1.00 bits per heavy atom. The summed E-state index contributed by atoms with van der Waals surface area (Å²) in [6.45, 7) is 3.82. The van der Waals surface area contributed by atoms with Crippen molar-refractivity contribution >= 4 is 11.6 Å². The van der Waals surface area contributed by atoms with Gasteiger partial charge >= 0.3 is 0 Å². The standard InChI is InChI=1S/C20H15ClFN4/c1-13-11-19(24-25(13)16-9-7-15(21)8-10-16)17-12-23-26(14(17)2)20-6-4-3-5-18(20)22/h3-10,12H,1-2H3. The van der Waals surface area contributed by atoms with E-state index in [1.165, 1.54) is 6.07 Å². The van der Waals surface area contributed by atoms with E-state index in [4.69, 9.17) is 11.6 Å². The van der Waals surface area contributed by atoms with Crippen LogP contribution in [0.3, 0.4) is 0 Å². The molecule has 26 heavy (non-hydrogen) atoms. The summed E-state index contributed by atoms with van der Waals surface area (Å²) in [6.07, 6.45) is 1.69. The van der Waals surface area contributed by atoms with Crippen LogP contribution in [0, 0.1) is 25.7 Å². The third-order valence-corrected chi connectivity index (χ3v) is 4.49. The summed E-state index contributed by atoms with van der Waals surface area (Å²) in [4.78, 5) is 0. The van der Waals surface area contributed by atoms with Crippen molar-refractivity contribution in [3.63, 3.8) is 0 Å². The molecule has 0 N–H and O–H groups in total. The number of aryl methyl sites for hydroxylation is 1. The van der Waals surface area contributed by atoms with Gasteiger partial charge in [-0.3, -0.25) is 0 Å².